The summed E-state index contributed by atoms with van der Waals surface area (Å²) in [6.45, 7) is 4.40. The summed E-state index contributed by atoms with van der Waals surface area (Å²) < 4.78 is 0. The molecule has 2 heteroatoms. The standard InChI is InChI=1S/C27H32N2/c1-2-22-13-15-26(16-14-22)27(21-23-9-5-3-6-10-23)28-29-19-17-25(18-20-29)24-11-7-4-8-12-24/h3-16,25,27-28H,2,17-21H2,1H3. The topological polar surface area (TPSA) is 15.3 Å². The van der Waals surface area contributed by atoms with Crippen molar-refractivity contribution in [3.63, 3.8) is 0 Å². The first-order chi connectivity index (χ1) is 14.3. The quantitative estimate of drug-likeness (QED) is 0.544. The van der Waals surface area contributed by atoms with Gasteiger partial charge in [0, 0.05) is 13.1 Å². The highest BCUT2D eigenvalue weighted by Crippen LogP contribution is 2.28. The van der Waals surface area contributed by atoms with Crippen molar-refractivity contribution in [3.05, 3.63) is 107 Å². The Morgan fingerprint density at radius 3 is 2.03 bits per heavy atom. The van der Waals surface area contributed by atoms with Crippen LogP contribution in [0.1, 0.15) is 54.0 Å². The van der Waals surface area contributed by atoms with E-state index >= 15 is 0 Å². The van der Waals surface area contributed by atoms with E-state index in [2.05, 4.69) is 102 Å². The highest BCUT2D eigenvalue weighted by molar-refractivity contribution is 5.27. The second-order valence-corrected chi connectivity index (χ2v) is 8.14. The Morgan fingerprint density at radius 2 is 1.41 bits per heavy atom. The molecule has 1 fully saturated rings. The lowest BCUT2D eigenvalue weighted by Crippen LogP contribution is -2.45. The first-order valence-corrected chi connectivity index (χ1v) is 11.0. The van der Waals surface area contributed by atoms with E-state index in [0.29, 0.717) is 12.0 Å². The number of nitrogens with one attached hydrogen (secondary N) is 1. The zero-order chi connectivity index (χ0) is 19.9. The van der Waals surface area contributed by atoms with Crippen molar-refractivity contribution in [2.45, 2.75) is 44.6 Å². The average molecular weight is 385 g/mol. The third-order valence-electron chi connectivity index (χ3n) is 6.18. The number of hydrogen-bond donors (Lipinski definition) is 1. The van der Waals surface area contributed by atoms with Gasteiger partial charge in [0.05, 0.1) is 6.04 Å². The lowest BCUT2D eigenvalue weighted by Gasteiger charge is -2.35. The smallest absolute Gasteiger partial charge is 0.0505 e. The minimum atomic E-state index is 0.302. The summed E-state index contributed by atoms with van der Waals surface area (Å²) in [7, 11) is 0. The monoisotopic (exact) mass is 384 g/mol. The summed E-state index contributed by atoms with van der Waals surface area (Å²) in [5, 5.41) is 2.45. The minimum absolute atomic E-state index is 0.302. The Hall–Kier alpha value is -2.42. The molecule has 0 aliphatic carbocycles. The van der Waals surface area contributed by atoms with E-state index in [-0.39, 0.29) is 0 Å². The van der Waals surface area contributed by atoms with Gasteiger partial charge in [-0.2, -0.15) is 0 Å². The average Bonchev–Trinajstić information content (AvgIpc) is 2.80. The van der Waals surface area contributed by atoms with Gasteiger partial charge in [-0.15, -0.1) is 0 Å². The second kappa shape index (κ2) is 9.87. The molecule has 150 valence electrons. The van der Waals surface area contributed by atoms with Gasteiger partial charge >= 0.3 is 0 Å². The first kappa shape index (κ1) is 19.9. The van der Waals surface area contributed by atoms with Crippen LogP contribution >= 0.6 is 0 Å². The maximum atomic E-state index is 3.86. The van der Waals surface area contributed by atoms with E-state index in [0.717, 1.165) is 25.9 Å². The second-order valence-electron chi connectivity index (χ2n) is 8.14. The predicted octanol–water partition coefficient (Wildman–Crippen LogP) is 5.92. The van der Waals surface area contributed by atoms with Crippen molar-refractivity contribution >= 4 is 0 Å². The third kappa shape index (κ3) is 5.35. The molecule has 0 spiro atoms. The normalized spacial score (nSPS) is 16.6. The molecule has 1 aliphatic heterocycles. The summed E-state index contributed by atoms with van der Waals surface area (Å²) in [4.78, 5) is 0. The molecule has 3 aromatic rings. The fourth-order valence-electron chi connectivity index (χ4n) is 4.36. The van der Waals surface area contributed by atoms with Gasteiger partial charge in [-0.25, -0.2) is 10.4 Å². The van der Waals surface area contributed by atoms with E-state index < -0.39 is 0 Å². The summed E-state index contributed by atoms with van der Waals surface area (Å²) in [6, 6.07) is 31.3. The van der Waals surface area contributed by atoms with Crippen molar-refractivity contribution in [2.24, 2.45) is 0 Å². The summed E-state index contributed by atoms with van der Waals surface area (Å²) >= 11 is 0. The number of aryl methyl sites for hydroxylation is 1. The Labute approximate surface area is 175 Å². The van der Waals surface area contributed by atoms with Crippen LogP contribution in [0.3, 0.4) is 0 Å². The van der Waals surface area contributed by atoms with Crippen molar-refractivity contribution in [1.82, 2.24) is 10.4 Å². The van der Waals surface area contributed by atoms with E-state index in [1.165, 1.54) is 35.1 Å². The van der Waals surface area contributed by atoms with Crippen LogP contribution in [-0.4, -0.2) is 18.1 Å². The molecule has 1 saturated heterocycles. The van der Waals surface area contributed by atoms with Crippen LogP contribution in [0.15, 0.2) is 84.9 Å². The van der Waals surface area contributed by atoms with E-state index in [9.17, 15) is 0 Å². The lowest BCUT2D eigenvalue weighted by molar-refractivity contribution is 0.118. The van der Waals surface area contributed by atoms with Crippen LogP contribution in [-0.2, 0) is 12.8 Å². The predicted molar refractivity (Wildman–Crippen MR) is 122 cm³/mol. The number of benzene rings is 3. The number of hydrazine groups is 1. The summed E-state index contributed by atoms with van der Waals surface area (Å²) in [5.74, 6) is 0.686. The molecule has 4 rings (SSSR count). The highest BCUT2D eigenvalue weighted by atomic mass is 15.5. The van der Waals surface area contributed by atoms with Gasteiger partial charge in [-0.1, -0.05) is 91.9 Å². The highest BCUT2D eigenvalue weighted by Gasteiger charge is 2.23. The van der Waals surface area contributed by atoms with Crippen LogP contribution in [0.25, 0.3) is 0 Å². The van der Waals surface area contributed by atoms with Gasteiger partial charge in [0.1, 0.15) is 0 Å². The molecular formula is C27H32N2. The zero-order valence-corrected chi connectivity index (χ0v) is 17.4. The minimum Gasteiger partial charge on any atom is -0.247 e. The van der Waals surface area contributed by atoms with Gasteiger partial charge in [-0.05, 0) is 53.9 Å². The molecule has 1 atom stereocenters. The van der Waals surface area contributed by atoms with Crippen LogP contribution in [0.2, 0.25) is 0 Å². The molecule has 0 radical (unpaired) electrons. The number of rotatable bonds is 7. The Kier molecular flexibility index (Phi) is 6.76. The number of piperidine rings is 1. The molecule has 1 aliphatic rings. The zero-order valence-electron chi connectivity index (χ0n) is 17.4. The van der Waals surface area contributed by atoms with E-state index in [4.69, 9.17) is 0 Å². The summed E-state index contributed by atoms with van der Waals surface area (Å²) in [5.41, 5.74) is 9.50. The molecule has 1 N–H and O–H groups in total. The molecule has 1 unspecified atom stereocenters. The van der Waals surface area contributed by atoms with Crippen molar-refractivity contribution in [1.29, 1.82) is 0 Å². The van der Waals surface area contributed by atoms with Gasteiger partial charge in [0.15, 0.2) is 0 Å². The molecule has 0 aromatic heterocycles. The van der Waals surface area contributed by atoms with Crippen LogP contribution in [0.5, 0.6) is 0 Å². The van der Waals surface area contributed by atoms with Gasteiger partial charge < -0.3 is 0 Å². The maximum Gasteiger partial charge on any atom is 0.0505 e. The molecule has 0 amide bonds. The third-order valence-corrected chi connectivity index (χ3v) is 6.18. The SMILES string of the molecule is CCc1ccc(C(Cc2ccccc2)NN2CCC(c3ccccc3)CC2)cc1. The lowest BCUT2D eigenvalue weighted by atomic mass is 9.90. The number of nitrogens with zero attached hydrogens (tertiary/aromatic N) is 1. The van der Waals surface area contributed by atoms with E-state index in [1.54, 1.807) is 0 Å². The Morgan fingerprint density at radius 1 is 0.793 bits per heavy atom. The molecule has 2 nitrogen and oxygen atoms in total. The maximum absolute atomic E-state index is 3.86. The molecule has 1 heterocycles. The van der Waals surface area contributed by atoms with E-state index in [1.807, 2.05) is 0 Å². The fourth-order valence-corrected chi connectivity index (χ4v) is 4.36. The molecule has 29 heavy (non-hydrogen) atoms. The first-order valence-electron chi connectivity index (χ1n) is 11.0. The fraction of sp³-hybridized carbons (Fsp3) is 0.333. The van der Waals surface area contributed by atoms with Gasteiger partial charge in [-0.3, -0.25) is 0 Å². The molecule has 0 bridgehead atoms. The molecular weight excluding hydrogens is 352 g/mol. The largest absolute Gasteiger partial charge is 0.247 e. The van der Waals surface area contributed by atoms with Gasteiger partial charge in [0.2, 0.25) is 0 Å². The van der Waals surface area contributed by atoms with Gasteiger partial charge in [0.25, 0.3) is 0 Å². The van der Waals surface area contributed by atoms with Crippen LogP contribution in [0.4, 0.5) is 0 Å². The van der Waals surface area contributed by atoms with Crippen molar-refractivity contribution in [2.75, 3.05) is 13.1 Å². The number of hydrogen-bond acceptors (Lipinski definition) is 2. The Balaban J connectivity index is 1.44. The molecule has 0 saturated carbocycles. The van der Waals surface area contributed by atoms with Crippen LogP contribution in [0, 0.1) is 0 Å². The van der Waals surface area contributed by atoms with Crippen molar-refractivity contribution < 1.29 is 0 Å². The van der Waals surface area contributed by atoms with Crippen LogP contribution < -0.4 is 5.43 Å². The summed E-state index contributed by atoms with van der Waals surface area (Å²) in [6.07, 6.45) is 4.52. The van der Waals surface area contributed by atoms with Crippen molar-refractivity contribution in [3.8, 4) is 0 Å². The molecule has 3 aromatic carbocycles. The Bertz CT molecular complexity index is 850.